The molecule has 7 atom stereocenters. The lowest BCUT2D eigenvalue weighted by molar-refractivity contribution is -0.130. The molecule has 2 nitrogen and oxygen atoms in total. The van der Waals surface area contributed by atoms with Gasteiger partial charge in [-0.05, 0) is 85.2 Å². The fourth-order valence-corrected chi connectivity index (χ4v) is 7.15. The lowest BCUT2D eigenvalue weighted by Crippen LogP contribution is -2.55. The third kappa shape index (κ3) is 1.97. The Morgan fingerprint density at radius 2 is 1.96 bits per heavy atom. The first-order valence-electron chi connectivity index (χ1n) is 9.69. The van der Waals surface area contributed by atoms with Gasteiger partial charge in [0.05, 0.1) is 6.10 Å². The summed E-state index contributed by atoms with van der Waals surface area (Å²) in [6, 6.07) is 0. The minimum atomic E-state index is -0.156. The van der Waals surface area contributed by atoms with Crippen LogP contribution < -0.4 is 0 Å². The number of aliphatic hydroxyl groups is 2. The summed E-state index contributed by atoms with van der Waals surface area (Å²) in [6.07, 6.45) is 12.0. The Morgan fingerprint density at radius 3 is 2.70 bits per heavy atom. The van der Waals surface area contributed by atoms with Gasteiger partial charge in [-0.2, -0.15) is 0 Å². The van der Waals surface area contributed by atoms with Gasteiger partial charge in [-0.3, -0.25) is 0 Å². The van der Waals surface area contributed by atoms with Crippen molar-refractivity contribution in [1.29, 1.82) is 0 Å². The monoisotopic (exact) mass is 316 g/mol. The van der Waals surface area contributed by atoms with Crippen molar-refractivity contribution in [2.75, 3.05) is 0 Å². The van der Waals surface area contributed by atoms with E-state index in [-0.39, 0.29) is 16.9 Å². The molecule has 23 heavy (non-hydrogen) atoms. The van der Waals surface area contributed by atoms with Crippen LogP contribution in [0, 0.1) is 34.5 Å². The third-order valence-corrected chi connectivity index (χ3v) is 8.58. The maximum absolute atomic E-state index is 11.2. The van der Waals surface area contributed by atoms with Gasteiger partial charge in [-0.15, -0.1) is 0 Å². The average molecular weight is 316 g/mol. The van der Waals surface area contributed by atoms with Gasteiger partial charge in [0.1, 0.15) is 5.76 Å². The quantitative estimate of drug-likeness (QED) is 0.715. The highest BCUT2D eigenvalue weighted by atomic mass is 16.3. The van der Waals surface area contributed by atoms with Crippen LogP contribution in [0.15, 0.2) is 23.5 Å². The molecule has 2 heteroatoms. The Bertz CT molecular complexity index is 562. The van der Waals surface area contributed by atoms with E-state index < -0.39 is 0 Å². The molecule has 3 saturated carbocycles. The van der Waals surface area contributed by atoms with Crippen molar-refractivity contribution < 1.29 is 10.2 Å². The van der Waals surface area contributed by atoms with Crippen LogP contribution in [0.1, 0.15) is 65.7 Å². The summed E-state index contributed by atoms with van der Waals surface area (Å²) in [5.41, 5.74) is 1.72. The van der Waals surface area contributed by atoms with Crippen molar-refractivity contribution in [3.8, 4) is 0 Å². The van der Waals surface area contributed by atoms with E-state index in [0.717, 1.165) is 25.2 Å². The molecule has 0 heterocycles. The van der Waals surface area contributed by atoms with Crippen molar-refractivity contribution >= 4 is 0 Å². The molecule has 0 saturated heterocycles. The van der Waals surface area contributed by atoms with E-state index >= 15 is 0 Å². The molecule has 0 aromatic heterocycles. The largest absolute Gasteiger partial charge is 0.508 e. The smallest absolute Gasteiger partial charge is 0.111 e. The van der Waals surface area contributed by atoms with Crippen LogP contribution in [0.5, 0.6) is 0 Å². The second-order valence-corrected chi connectivity index (χ2v) is 9.14. The van der Waals surface area contributed by atoms with Crippen LogP contribution in [-0.4, -0.2) is 16.3 Å². The Labute approximate surface area is 140 Å². The van der Waals surface area contributed by atoms with Crippen LogP contribution in [-0.2, 0) is 0 Å². The number of aliphatic hydroxyl groups excluding tert-OH is 2. The molecule has 0 aliphatic heterocycles. The van der Waals surface area contributed by atoms with E-state index in [4.69, 9.17) is 0 Å². The number of allylic oxidation sites excluding steroid dienone is 3. The summed E-state index contributed by atoms with van der Waals surface area (Å²) >= 11 is 0. The van der Waals surface area contributed by atoms with E-state index in [1.165, 1.54) is 31.3 Å². The molecule has 4 aliphatic rings. The normalized spacial score (nSPS) is 52.1. The molecule has 0 radical (unpaired) electrons. The highest BCUT2D eigenvalue weighted by Crippen LogP contribution is 2.66. The molecule has 0 amide bonds. The molecule has 4 rings (SSSR count). The number of fused-ring (bicyclic) bond motifs is 5. The van der Waals surface area contributed by atoms with Gasteiger partial charge < -0.3 is 10.2 Å². The van der Waals surface area contributed by atoms with Gasteiger partial charge in [-0.25, -0.2) is 0 Å². The highest BCUT2D eigenvalue weighted by Gasteiger charge is 2.61. The average Bonchev–Trinajstić information content (AvgIpc) is 2.87. The first-order valence-corrected chi connectivity index (χ1v) is 9.69. The number of rotatable bonds is 1. The summed E-state index contributed by atoms with van der Waals surface area (Å²) in [5, 5.41) is 21.1. The lowest BCUT2D eigenvalue weighted by atomic mass is 9.46. The van der Waals surface area contributed by atoms with Gasteiger partial charge in [0.15, 0.2) is 0 Å². The van der Waals surface area contributed by atoms with E-state index in [9.17, 15) is 10.2 Å². The summed E-state index contributed by atoms with van der Waals surface area (Å²) in [7, 11) is 0. The molecule has 0 spiro atoms. The molecule has 3 fully saturated rings. The molecule has 2 N–H and O–H groups in total. The van der Waals surface area contributed by atoms with Gasteiger partial charge in [0.25, 0.3) is 0 Å². The van der Waals surface area contributed by atoms with E-state index in [1.807, 2.05) is 12.2 Å². The van der Waals surface area contributed by atoms with E-state index in [2.05, 4.69) is 20.8 Å². The van der Waals surface area contributed by atoms with Crippen molar-refractivity contribution in [3.05, 3.63) is 23.5 Å². The van der Waals surface area contributed by atoms with Gasteiger partial charge in [0.2, 0.25) is 0 Å². The predicted octanol–water partition coefficient (Wildman–Crippen LogP) is 5.00. The Morgan fingerprint density at radius 1 is 1.17 bits per heavy atom. The van der Waals surface area contributed by atoms with Gasteiger partial charge in [0, 0.05) is 0 Å². The zero-order valence-electron chi connectivity index (χ0n) is 14.9. The molecule has 128 valence electrons. The molecular weight excluding hydrogens is 284 g/mol. The van der Waals surface area contributed by atoms with Crippen molar-refractivity contribution in [1.82, 2.24) is 0 Å². The SMILES string of the molecule is CC[C@H]1CC[C@H]2[C@@H]3CCC4=CC(O)=CC[C@]4(C)[C@H]3C[C@@H](O)[C@]12C. The van der Waals surface area contributed by atoms with Crippen LogP contribution in [0.25, 0.3) is 0 Å². The van der Waals surface area contributed by atoms with E-state index in [1.54, 1.807) is 0 Å². The topological polar surface area (TPSA) is 40.5 Å². The molecule has 0 aromatic carbocycles. The second-order valence-electron chi connectivity index (χ2n) is 9.14. The third-order valence-electron chi connectivity index (χ3n) is 8.58. The Hall–Kier alpha value is -0.760. The molecular formula is C21H32O2. The minimum Gasteiger partial charge on any atom is -0.508 e. The van der Waals surface area contributed by atoms with Gasteiger partial charge in [-0.1, -0.05) is 32.8 Å². The van der Waals surface area contributed by atoms with Crippen LogP contribution in [0.4, 0.5) is 0 Å². The summed E-state index contributed by atoms with van der Waals surface area (Å²) in [4.78, 5) is 0. The summed E-state index contributed by atoms with van der Waals surface area (Å²) < 4.78 is 0. The molecule has 0 aromatic rings. The van der Waals surface area contributed by atoms with E-state index in [0.29, 0.717) is 23.5 Å². The Balaban J connectivity index is 1.70. The van der Waals surface area contributed by atoms with Crippen LogP contribution in [0.2, 0.25) is 0 Å². The number of hydrogen-bond acceptors (Lipinski definition) is 2. The Kier molecular flexibility index (Phi) is 3.50. The lowest BCUT2D eigenvalue weighted by Gasteiger charge is -2.59. The molecule has 0 bridgehead atoms. The zero-order chi connectivity index (χ0) is 16.4. The fourth-order valence-electron chi connectivity index (χ4n) is 7.15. The highest BCUT2D eigenvalue weighted by molar-refractivity contribution is 5.33. The van der Waals surface area contributed by atoms with Gasteiger partial charge >= 0.3 is 0 Å². The minimum absolute atomic E-state index is 0.139. The summed E-state index contributed by atoms with van der Waals surface area (Å²) in [5.74, 6) is 3.18. The first-order chi connectivity index (χ1) is 10.9. The molecule has 0 unspecified atom stereocenters. The number of hydrogen-bond donors (Lipinski definition) is 2. The predicted molar refractivity (Wildman–Crippen MR) is 93.0 cm³/mol. The van der Waals surface area contributed by atoms with Crippen molar-refractivity contribution in [3.63, 3.8) is 0 Å². The maximum atomic E-state index is 11.2. The van der Waals surface area contributed by atoms with Crippen molar-refractivity contribution in [2.45, 2.75) is 71.8 Å². The van der Waals surface area contributed by atoms with Crippen molar-refractivity contribution in [2.24, 2.45) is 34.5 Å². The summed E-state index contributed by atoms with van der Waals surface area (Å²) in [6.45, 7) is 7.08. The van der Waals surface area contributed by atoms with Crippen LogP contribution in [0.3, 0.4) is 0 Å². The fraction of sp³-hybridized carbons (Fsp3) is 0.810. The maximum Gasteiger partial charge on any atom is 0.111 e. The zero-order valence-corrected chi connectivity index (χ0v) is 14.9. The van der Waals surface area contributed by atoms with Crippen LogP contribution >= 0.6 is 0 Å². The molecule has 4 aliphatic carbocycles. The first kappa shape index (κ1) is 15.7. The second kappa shape index (κ2) is 5.12. The standard InChI is InChI=1S/C21H32O2/c1-4-13-6-8-17-16-7-5-14-11-15(22)9-10-20(14,2)18(16)12-19(23)21(13,17)3/h9,11,13,16-19,22-23H,4-8,10,12H2,1-3H3/t13-,16-,17-,18-,19+,20-,21+/m0/s1.